The van der Waals surface area contributed by atoms with Gasteiger partial charge in [-0.05, 0) is 44.7 Å². The smallest absolute Gasteiger partial charge is 0.319 e. The first-order valence-electron chi connectivity index (χ1n) is 6.48. The van der Waals surface area contributed by atoms with Crippen molar-refractivity contribution < 1.29 is 4.79 Å². The van der Waals surface area contributed by atoms with Crippen LogP contribution >= 0.6 is 0 Å². The second-order valence-electron chi connectivity index (χ2n) is 5.07. The molecule has 0 aliphatic carbocycles. The van der Waals surface area contributed by atoms with Crippen molar-refractivity contribution in [3.8, 4) is 0 Å². The summed E-state index contributed by atoms with van der Waals surface area (Å²) in [5.74, 6) is 0.644. The molecule has 2 heterocycles. The van der Waals surface area contributed by atoms with Crippen molar-refractivity contribution in [2.24, 2.45) is 5.92 Å². The topological polar surface area (TPSA) is 35.6 Å². The van der Waals surface area contributed by atoms with Gasteiger partial charge in [0, 0.05) is 26.7 Å². The van der Waals surface area contributed by atoms with E-state index >= 15 is 0 Å². The predicted octanol–water partition coefficient (Wildman–Crippen LogP) is 1.13. The summed E-state index contributed by atoms with van der Waals surface area (Å²) in [6.45, 7) is 5.01. The van der Waals surface area contributed by atoms with E-state index in [1.807, 2.05) is 16.8 Å². The molecule has 0 saturated carbocycles. The monoisotopic (exact) mass is 225 g/mol. The first-order chi connectivity index (χ1) is 7.77. The molecule has 0 aromatic heterocycles. The quantitative estimate of drug-likeness (QED) is 0.765. The highest BCUT2D eigenvalue weighted by atomic mass is 16.2. The summed E-state index contributed by atoms with van der Waals surface area (Å²) in [5, 5.41) is 3.40. The van der Waals surface area contributed by atoms with Gasteiger partial charge in [-0.25, -0.2) is 4.79 Å². The Balaban J connectivity index is 1.77. The summed E-state index contributed by atoms with van der Waals surface area (Å²) < 4.78 is 0. The third kappa shape index (κ3) is 2.88. The fourth-order valence-electron chi connectivity index (χ4n) is 2.70. The first kappa shape index (κ1) is 11.7. The number of carbonyl (C=O) groups is 1. The van der Waals surface area contributed by atoms with Crippen molar-refractivity contribution in [1.29, 1.82) is 0 Å². The standard InChI is InChI=1S/C12H23N3O/c1-14(10-11-5-4-6-13-9-11)12(16)15-7-2-3-8-15/h11,13H,2-10H2,1H3. The Labute approximate surface area is 98.0 Å². The van der Waals surface area contributed by atoms with Crippen molar-refractivity contribution in [3.63, 3.8) is 0 Å². The molecule has 2 amide bonds. The third-order valence-electron chi connectivity index (χ3n) is 3.63. The van der Waals surface area contributed by atoms with Crippen molar-refractivity contribution in [3.05, 3.63) is 0 Å². The van der Waals surface area contributed by atoms with Gasteiger partial charge in [0.2, 0.25) is 0 Å². The lowest BCUT2D eigenvalue weighted by Crippen LogP contribution is -2.44. The number of nitrogens with one attached hydrogen (secondary N) is 1. The Morgan fingerprint density at radius 1 is 1.38 bits per heavy atom. The maximum absolute atomic E-state index is 12.1. The van der Waals surface area contributed by atoms with Gasteiger partial charge in [-0.15, -0.1) is 0 Å². The van der Waals surface area contributed by atoms with E-state index in [1.54, 1.807) is 0 Å². The average Bonchev–Trinajstić information content (AvgIpc) is 2.83. The number of likely N-dealkylation sites (tertiary alicyclic amines) is 1. The fourth-order valence-corrected chi connectivity index (χ4v) is 2.70. The molecule has 2 fully saturated rings. The second kappa shape index (κ2) is 5.53. The lowest BCUT2D eigenvalue weighted by molar-refractivity contribution is 0.161. The van der Waals surface area contributed by atoms with E-state index in [9.17, 15) is 4.79 Å². The fraction of sp³-hybridized carbons (Fsp3) is 0.917. The molecule has 4 nitrogen and oxygen atoms in total. The zero-order valence-electron chi connectivity index (χ0n) is 10.2. The molecule has 2 aliphatic heterocycles. The van der Waals surface area contributed by atoms with E-state index in [0.717, 1.165) is 32.7 Å². The van der Waals surface area contributed by atoms with Gasteiger partial charge < -0.3 is 15.1 Å². The van der Waals surface area contributed by atoms with Gasteiger partial charge in [0.15, 0.2) is 0 Å². The number of hydrogen-bond acceptors (Lipinski definition) is 2. The van der Waals surface area contributed by atoms with Crippen LogP contribution in [0.1, 0.15) is 25.7 Å². The Morgan fingerprint density at radius 3 is 2.75 bits per heavy atom. The molecule has 2 aliphatic rings. The highest BCUT2D eigenvalue weighted by molar-refractivity contribution is 5.74. The van der Waals surface area contributed by atoms with Crippen LogP contribution in [0.3, 0.4) is 0 Å². The first-order valence-corrected chi connectivity index (χ1v) is 6.48. The van der Waals surface area contributed by atoms with Gasteiger partial charge in [-0.3, -0.25) is 0 Å². The van der Waals surface area contributed by atoms with Crippen LogP contribution in [-0.2, 0) is 0 Å². The summed E-state index contributed by atoms with van der Waals surface area (Å²) in [5.41, 5.74) is 0. The highest BCUT2D eigenvalue weighted by Gasteiger charge is 2.23. The number of urea groups is 1. The number of piperidine rings is 1. The number of amides is 2. The van der Waals surface area contributed by atoms with Gasteiger partial charge in [0.05, 0.1) is 0 Å². The van der Waals surface area contributed by atoms with E-state index < -0.39 is 0 Å². The number of hydrogen-bond donors (Lipinski definition) is 1. The van der Waals surface area contributed by atoms with E-state index in [4.69, 9.17) is 0 Å². The van der Waals surface area contributed by atoms with E-state index in [0.29, 0.717) is 5.92 Å². The Kier molecular flexibility index (Phi) is 4.04. The third-order valence-corrected chi connectivity index (χ3v) is 3.63. The molecule has 0 spiro atoms. The van der Waals surface area contributed by atoms with E-state index in [-0.39, 0.29) is 6.03 Å². The molecule has 92 valence electrons. The van der Waals surface area contributed by atoms with Crippen LogP contribution in [0.15, 0.2) is 0 Å². The molecule has 2 rings (SSSR count). The summed E-state index contributed by atoms with van der Waals surface area (Å²) in [6.07, 6.45) is 4.84. The van der Waals surface area contributed by atoms with Crippen LogP contribution in [0, 0.1) is 5.92 Å². The summed E-state index contributed by atoms with van der Waals surface area (Å²) >= 11 is 0. The number of rotatable bonds is 2. The van der Waals surface area contributed by atoms with Gasteiger partial charge in [-0.1, -0.05) is 0 Å². The molecule has 1 N–H and O–H groups in total. The Bertz CT molecular complexity index is 232. The zero-order chi connectivity index (χ0) is 11.4. The summed E-state index contributed by atoms with van der Waals surface area (Å²) in [4.78, 5) is 15.9. The maximum Gasteiger partial charge on any atom is 0.319 e. The van der Waals surface area contributed by atoms with Crippen molar-refractivity contribution in [1.82, 2.24) is 15.1 Å². The Hall–Kier alpha value is -0.770. The molecular weight excluding hydrogens is 202 g/mol. The SMILES string of the molecule is CN(CC1CCCNC1)C(=O)N1CCCC1. The van der Waals surface area contributed by atoms with Gasteiger partial charge >= 0.3 is 6.03 Å². The number of nitrogens with zero attached hydrogens (tertiary/aromatic N) is 2. The number of carbonyl (C=O) groups excluding carboxylic acids is 1. The normalized spacial score (nSPS) is 25.8. The lowest BCUT2D eigenvalue weighted by Gasteiger charge is -2.30. The van der Waals surface area contributed by atoms with Crippen LogP contribution in [0.2, 0.25) is 0 Å². The van der Waals surface area contributed by atoms with Crippen molar-refractivity contribution in [2.45, 2.75) is 25.7 Å². The molecule has 0 aromatic carbocycles. The molecule has 16 heavy (non-hydrogen) atoms. The van der Waals surface area contributed by atoms with Crippen LogP contribution < -0.4 is 5.32 Å². The van der Waals surface area contributed by atoms with Crippen LogP contribution in [-0.4, -0.2) is 55.6 Å². The molecule has 0 aromatic rings. The van der Waals surface area contributed by atoms with Crippen molar-refractivity contribution >= 4 is 6.03 Å². The zero-order valence-corrected chi connectivity index (χ0v) is 10.2. The largest absolute Gasteiger partial charge is 0.327 e. The minimum Gasteiger partial charge on any atom is -0.327 e. The molecule has 0 bridgehead atoms. The van der Waals surface area contributed by atoms with Gasteiger partial charge in [0.1, 0.15) is 0 Å². The van der Waals surface area contributed by atoms with Crippen molar-refractivity contribution in [2.75, 3.05) is 39.8 Å². The molecule has 1 atom stereocenters. The lowest BCUT2D eigenvalue weighted by atomic mass is 9.99. The highest BCUT2D eigenvalue weighted by Crippen LogP contribution is 2.14. The maximum atomic E-state index is 12.1. The summed E-state index contributed by atoms with van der Waals surface area (Å²) in [6, 6.07) is 0.225. The van der Waals surface area contributed by atoms with Crippen LogP contribution in [0.4, 0.5) is 4.79 Å². The molecular formula is C12H23N3O. The van der Waals surface area contributed by atoms with E-state index in [2.05, 4.69) is 5.32 Å². The average molecular weight is 225 g/mol. The molecule has 4 heteroatoms. The molecule has 0 radical (unpaired) electrons. The molecule has 1 unspecified atom stereocenters. The van der Waals surface area contributed by atoms with Crippen LogP contribution in [0.5, 0.6) is 0 Å². The predicted molar refractivity (Wildman–Crippen MR) is 64.4 cm³/mol. The Morgan fingerprint density at radius 2 is 2.12 bits per heavy atom. The van der Waals surface area contributed by atoms with Gasteiger partial charge in [0.25, 0.3) is 0 Å². The minimum absolute atomic E-state index is 0.225. The minimum atomic E-state index is 0.225. The van der Waals surface area contributed by atoms with E-state index in [1.165, 1.54) is 25.7 Å². The second-order valence-corrected chi connectivity index (χ2v) is 5.07. The van der Waals surface area contributed by atoms with Crippen LogP contribution in [0.25, 0.3) is 0 Å². The molecule has 2 saturated heterocycles. The summed E-state index contributed by atoms with van der Waals surface area (Å²) in [7, 11) is 1.94. The van der Waals surface area contributed by atoms with Gasteiger partial charge in [-0.2, -0.15) is 0 Å².